The molecule has 1 saturated heterocycles. The van der Waals surface area contributed by atoms with Gasteiger partial charge in [-0.2, -0.15) is 4.98 Å². The summed E-state index contributed by atoms with van der Waals surface area (Å²) in [6.07, 6.45) is 1.10. The molecule has 1 aliphatic rings. The third-order valence-electron chi connectivity index (χ3n) is 4.78. The first kappa shape index (κ1) is 20.3. The Labute approximate surface area is 167 Å². The molecule has 1 aromatic heterocycles. The fraction of sp³-hybridized carbons (Fsp3) is 0.571. The Bertz CT molecular complexity index is 767. The van der Waals surface area contributed by atoms with E-state index in [0.717, 1.165) is 32.1 Å². The average Bonchev–Trinajstić information content (AvgIpc) is 3.33. The summed E-state index contributed by atoms with van der Waals surface area (Å²) in [5.74, 6) is 2.68. The lowest BCUT2D eigenvalue weighted by molar-refractivity contribution is 0.0906. The van der Waals surface area contributed by atoms with Gasteiger partial charge in [0.05, 0.1) is 19.8 Å². The van der Waals surface area contributed by atoms with Crippen LogP contribution in [0, 0.1) is 5.92 Å². The topological polar surface area (TPSA) is 75.8 Å². The van der Waals surface area contributed by atoms with Crippen molar-refractivity contribution in [3.05, 3.63) is 47.6 Å². The molecule has 1 unspecified atom stereocenters. The van der Waals surface area contributed by atoms with Crippen LogP contribution >= 0.6 is 0 Å². The highest BCUT2D eigenvalue weighted by Gasteiger charge is 2.26. The van der Waals surface area contributed by atoms with Crippen molar-refractivity contribution >= 4 is 5.96 Å². The minimum atomic E-state index is -0.144. The molecule has 3 rings (SSSR count). The lowest BCUT2D eigenvalue weighted by Gasteiger charge is -2.21. The highest BCUT2D eigenvalue weighted by molar-refractivity contribution is 5.80. The van der Waals surface area contributed by atoms with E-state index in [1.165, 1.54) is 5.56 Å². The smallest absolute Gasteiger partial charge is 0.232 e. The highest BCUT2D eigenvalue weighted by atomic mass is 16.5. The first-order valence-corrected chi connectivity index (χ1v) is 9.86. The maximum absolute atomic E-state index is 5.91. The number of hydrogen-bond donors (Lipinski definition) is 1. The van der Waals surface area contributed by atoms with E-state index in [9.17, 15) is 0 Å². The summed E-state index contributed by atoms with van der Waals surface area (Å²) in [6, 6.07) is 10.3. The molecule has 2 heterocycles. The van der Waals surface area contributed by atoms with E-state index in [4.69, 9.17) is 9.26 Å². The van der Waals surface area contributed by atoms with Gasteiger partial charge in [-0.3, -0.25) is 4.99 Å². The number of aliphatic imine (C=N–C) groups is 1. The third kappa shape index (κ3) is 5.55. The summed E-state index contributed by atoms with van der Waals surface area (Å²) in [5.41, 5.74) is 1.07. The van der Waals surface area contributed by atoms with Crippen LogP contribution in [0.5, 0.6) is 0 Å². The normalized spacial score (nSPS) is 17.9. The Morgan fingerprint density at radius 1 is 1.32 bits per heavy atom. The minimum Gasteiger partial charge on any atom is -0.376 e. The van der Waals surface area contributed by atoms with Crippen molar-refractivity contribution in [3.8, 4) is 0 Å². The molecule has 0 aliphatic carbocycles. The number of hydrogen-bond acceptors (Lipinski definition) is 5. The Morgan fingerprint density at radius 2 is 2.11 bits per heavy atom. The monoisotopic (exact) mass is 385 g/mol. The Balaban J connectivity index is 1.43. The van der Waals surface area contributed by atoms with Crippen molar-refractivity contribution in [2.45, 2.75) is 45.8 Å². The zero-order valence-corrected chi connectivity index (χ0v) is 17.3. The van der Waals surface area contributed by atoms with E-state index >= 15 is 0 Å². The van der Waals surface area contributed by atoms with Crippen molar-refractivity contribution in [2.75, 3.05) is 26.7 Å². The number of nitrogens with one attached hydrogen (secondary N) is 1. The van der Waals surface area contributed by atoms with Gasteiger partial charge in [-0.15, -0.1) is 0 Å². The van der Waals surface area contributed by atoms with Crippen LogP contribution in [0.3, 0.4) is 0 Å². The summed E-state index contributed by atoms with van der Waals surface area (Å²) in [6.45, 7) is 10.0. The largest absolute Gasteiger partial charge is 0.376 e. The number of ether oxygens (including phenoxy) is 1. The second kappa shape index (κ2) is 9.19. The molecule has 0 saturated carbocycles. The molecule has 2 aromatic rings. The molecule has 0 radical (unpaired) electrons. The fourth-order valence-electron chi connectivity index (χ4n) is 3.20. The zero-order valence-electron chi connectivity index (χ0n) is 17.3. The fourth-order valence-corrected chi connectivity index (χ4v) is 3.20. The third-order valence-corrected chi connectivity index (χ3v) is 4.78. The average molecular weight is 386 g/mol. The molecule has 7 heteroatoms. The Hall–Kier alpha value is -2.41. The van der Waals surface area contributed by atoms with Gasteiger partial charge in [0, 0.05) is 31.5 Å². The first-order valence-electron chi connectivity index (χ1n) is 9.86. The molecule has 152 valence electrons. The molecular weight excluding hydrogens is 354 g/mol. The molecule has 1 fully saturated rings. The van der Waals surface area contributed by atoms with Crippen LogP contribution in [0.4, 0.5) is 0 Å². The van der Waals surface area contributed by atoms with Crippen LogP contribution < -0.4 is 5.32 Å². The summed E-state index contributed by atoms with van der Waals surface area (Å²) in [5, 5.41) is 7.40. The molecule has 1 atom stereocenters. The van der Waals surface area contributed by atoms with Gasteiger partial charge in [-0.1, -0.05) is 56.3 Å². The first-order chi connectivity index (χ1) is 13.5. The predicted octanol–water partition coefficient (Wildman–Crippen LogP) is 2.98. The molecule has 0 spiro atoms. The van der Waals surface area contributed by atoms with Gasteiger partial charge in [-0.05, 0) is 12.0 Å². The van der Waals surface area contributed by atoms with E-state index < -0.39 is 0 Å². The highest BCUT2D eigenvalue weighted by Crippen LogP contribution is 2.20. The van der Waals surface area contributed by atoms with Gasteiger partial charge in [0.15, 0.2) is 11.8 Å². The van der Waals surface area contributed by atoms with Gasteiger partial charge in [0.25, 0.3) is 0 Å². The van der Waals surface area contributed by atoms with Gasteiger partial charge in [-0.25, -0.2) is 0 Å². The van der Waals surface area contributed by atoms with Crippen LogP contribution in [0.1, 0.15) is 44.5 Å². The number of benzene rings is 1. The molecule has 1 aliphatic heterocycles. The molecule has 7 nitrogen and oxygen atoms in total. The van der Waals surface area contributed by atoms with Gasteiger partial charge >= 0.3 is 0 Å². The summed E-state index contributed by atoms with van der Waals surface area (Å²) < 4.78 is 11.3. The van der Waals surface area contributed by atoms with Crippen LogP contribution in [-0.2, 0) is 23.3 Å². The van der Waals surface area contributed by atoms with Gasteiger partial charge < -0.3 is 19.5 Å². The molecule has 0 amide bonds. The van der Waals surface area contributed by atoms with E-state index in [1.54, 1.807) is 7.05 Å². The summed E-state index contributed by atoms with van der Waals surface area (Å²) in [7, 11) is 1.80. The molecule has 28 heavy (non-hydrogen) atoms. The van der Waals surface area contributed by atoms with Crippen LogP contribution in [0.15, 0.2) is 39.8 Å². The van der Waals surface area contributed by atoms with Crippen molar-refractivity contribution < 1.29 is 9.26 Å². The number of guanidine groups is 1. The zero-order chi connectivity index (χ0) is 20.0. The van der Waals surface area contributed by atoms with Crippen molar-refractivity contribution in [1.29, 1.82) is 0 Å². The van der Waals surface area contributed by atoms with E-state index in [-0.39, 0.29) is 5.41 Å². The summed E-state index contributed by atoms with van der Waals surface area (Å²) >= 11 is 0. The lowest BCUT2D eigenvalue weighted by Crippen LogP contribution is -2.40. The molecular formula is C21H31N5O2. The lowest BCUT2D eigenvalue weighted by atomic mass is 9.97. The van der Waals surface area contributed by atoms with Crippen LogP contribution in [0.25, 0.3) is 0 Å². The Kier molecular flexibility index (Phi) is 6.67. The van der Waals surface area contributed by atoms with Crippen molar-refractivity contribution in [3.63, 3.8) is 0 Å². The predicted molar refractivity (Wildman–Crippen MR) is 109 cm³/mol. The number of nitrogens with zero attached hydrogens (tertiary/aromatic N) is 4. The van der Waals surface area contributed by atoms with Crippen molar-refractivity contribution in [1.82, 2.24) is 20.4 Å². The SMILES string of the molecule is CN=C(NCc1noc(C(C)(C)C)n1)N1CCC(COCc2ccccc2)C1. The number of rotatable bonds is 6. The second-order valence-corrected chi connectivity index (χ2v) is 8.27. The molecule has 0 bridgehead atoms. The maximum atomic E-state index is 5.91. The number of aromatic nitrogens is 2. The molecule has 1 N–H and O–H groups in total. The maximum Gasteiger partial charge on any atom is 0.232 e. The van der Waals surface area contributed by atoms with Gasteiger partial charge in [0.2, 0.25) is 5.89 Å². The summed E-state index contributed by atoms with van der Waals surface area (Å²) in [4.78, 5) is 11.1. The Morgan fingerprint density at radius 3 is 2.79 bits per heavy atom. The van der Waals surface area contributed by atoms with E-state index in [2.05, 4.69) is 58.3 Å². The minimum absolute atomic E-state index is 0.144. The second-order valence-electron chi connectivity index (χ2n) is 8.27. The van der Waals surface area contributed by atoms with Crippen LogP contribution in [-0.4, -0.2) is 47.7 Å². The number of likely N-dealkylation sites (tertiary alicyclic amines) is 1. The van der Waals surface area contributed by atoms with E-state index in [0.29, 0.717) is 30.8 Å². The van der Waals surface area contributed by atoms with Crippen molar-refractivity contribution in [2.24, 2.45) is 10.9 Å². The van der Waals surface area contributed by atoms with Crippen LogP contribution in [0.2, 0.25) is 0 Å². The van der Waals surface area contributed by atoms with Gasteiger partial charge in [0.1, 0.15) is 0 Å². The standard InChI is InChI=1S/C21H31N5O2/c1-21(2,3)19-24-18(25-28-19)12-23-20(22-4)26-11-10-17(13-26)15-27-14-16-8-6-5-7-9-16/h5-9,17H,10-15H2,1-4H3,(H,22,23). The quantitative estimate of drug-likeness (QED) is 0.609. The van der Waals surface area contributed by atoms with E-state index in [1.807, 2.05) is 18.2 Å². The molecule has 1 aromatic carbocycles.